The van der Waals surface area contributed by atoms with Crippen molar-refractivity contribution in [3.05, 3.63) is 28.8 Å². The molecule has 4 rings (SSSR count). The van der Waals surface area contributed by atoms with Gasteiger partial charge in [-0.1, -0.05) is 17.7 Å². The molecule has 2 fully saturated rings. The Hall–Kier alpha value is -1.06. The summed E-state index contributed by atoms with van der Waals surface area (Å²) in [6.45, 7) is 0.749. The van der Waals surface area contributed by atoms with Gasteiger partial charge in [0.2, 0.25) is 5.91 Å². The standard InChI is InChI=1S/C16H19ClN2O/c17-12-2-1-3-13-11(12)6-7-19(13)16(20)14-9-4-5-10(8-9)15(14)18/h1-3,9-10,14-15H,4-8,18H2. The molecule has 2 bridgehead atoms. The van der Waals surface area contributed by atoms with E-state index >= 15 is 0 Å². The molecule has 2 N–H and O–H groups in total. The molecule has 0 saturated heterocycles. The molecule has 2 aliphatic carbocycles. The molecule has 3 aliphatic rings. The second-order valence-electron chi connectivity index (χ2n) is 6.41. The maximum absolute atomic E-state index is 12.9. The molecule has 2 saturated carbocycles. The van der Waals surface area contributed by atoms with Crippen molar-refractivity contribution in [2.45, 2.75) is 31.7 Å². The highest BCUT2D eigenvalue weighted by molar-refractivity contribution is 6.32. The Labute approximate surface area is 124 Å². The van der Waals surface area contributed by atoms with Crippen LogP contribution >= 0.6 is 11.6 Å². The summed E-state index contributed by atoms with van der Waals surface area (Å²) in [6.07, 6.45) is 4.38. The highest BCUT2D eigenvalue weighted by Crippen LogP contribution is 2.49. The first-order chi connectivity index (χ1) is 9.66. The van der Waals surface area contributed by atoms with Gasteiger partial charge in [0.15, 0.2) is 0 Å². The molecule has 3 nitrogen and oxygen atoms in total. The van der Waals surface area contributed by atoms with E-state index in [1.807, 2.05) is 23.1 Å². The molecule has 1 amide bonds. The number of anilines is 1. The Kier molecular flexibility index (Phi) is 2.83. The van der Waals surface area contributed by atoms with Crippen molar-refractivity contribution in [3.8, 4) is 0 Å². The number of benzene rings is 1. The summed E-state index contributed by atoms with van der Waals surface area (Å²) in [5.41, 5.74) is 8.42. The molecule has 1 aliphatic heterocycles. The number of nitrogens with zero attached hydrogens (tertiary/aromatic N) is 1. The maximum Gasteiger partial charge on any atom is 0.231 e. The summed E-state index contributed by atoms with van der Waals surface area (Å²) in [5, 5.41) is 0.773. The van der Waals surface area contributed by atoms with Crippen molar-refractivity contribution in [2.24, 2.45) is 23.5 Å². The van der Waals surface area contributed by atoms with E-state index in [-0.39, 0.29) is 17.9 Å². The van der Waals surface area contributed by atoms with Gasteiger partial charge in [-0.3, -0.25) is 4.79 Å². The summed E-state index contributed by atoms with van der Waals surface area (Å²) >= 11 is 6.23. The summed E-state index contributed by atoms with van der Waals surface area (Å²) in [4.78, 5) is 14.8. The van der Waals surface area contributed by atoms with Crippen molar-refractivity contribution in [2.75, 3.05) is 11.4 Å². The third-order valence-electron chi connectivity index (χ3n) is 5.50. The molecule has 20 heavy (non-hydrogen) atoms. The van der Waals surface area contributed by atoms with Crippen molar-refractivity contribution in [3.63, 3.8) is 0 Å². The minimum absolute atomic E-state index is 0.0266. The number of amides is 1. The normalized spacial score (nSPS) is 34.6. The van der Waals surface area contributed by atoms with Crippen LogP contribution in [0.4, 0.5) is 5.69 Å². The molecule has 1 aromatic carbocycles. The van der Waals surface area contributed by atoms with Crippen LogP contribution < -0.4 is 10.6 Å². The smallest absolute Gasteiger partial charge is 0.231 e. The Bertz CT molecular complexity index is 572. The van der Waals surface area contributed by atoms with Crippen LogP contribution in [0, 0.1) is 17.8 Å². The Balaban J connectivity index is 1.64. The van der Waals surface area contributed by atoms with Gasteiger partial charge in [-0.15, -0.1) is 0 Å². The fraction of sp³-hybridized carbons (Fsp3) is 0.562. The maximum atomic E-state index is 12.9. The van der Waals surface area contributed by atoms with Crippen LogP contribution in [0.2, 0.25) is 5.02 Å². The number of hydrogen-bond donors (Lipinski definition) is 1. The molecule has 4 heteroatoms. The predicted molar refractivity (Wildman–Crippen MR) is 79.8 cm³/mol. The molecule has 4 unspecified atom stereocenters. The van der Waals surface area contributed by atoms with E-state index in [4.69, 9.17) is 17.3 Å². The molecule has 1 heterocycles. The number of rotatable bonds is 1. The van der Waals surface area contributed by atoms with Crippen LogP contribution in [-0.4, -0.2) is 18.5 Å². The molecular formula is C16H19ClN2O. The Morgan fingerprint density at radius 3 is 2.85 bits per heavy atom. The van der Waals surface area contributed by atoms with Crippen LogP contribution in [0.3, 0.4) is 0 Å². The first kappa shape index (κ1) is 12.7. The van der Waals surface area contributed by atoms with E-state index in [0.29, 0.717) is 11.8 Å². The lowest BCUT2D eigenvalue weighted by atomic mass is 9.84. The molecule has 0 spiro atoms. The van der Waals surface area contributed by atoms with Crippen molar-refractivity contribution in [1.82, 2.24) is 0 Å². The third kappa shape index (κ3) is 1.66. The van der Waals surface area contributed by atoms with Gasteiger partial charge in [-0.25, -0.2) is 0 Å². The summed E-state index contributed by atoms with van der Waals surface area (Å²) in [5.74, 6) is 1.32. The lowest BCUT2D eigenvalue weighted by molar-refractivity contribution is -0.124. The average molecular weight is 291 g/mol. The largest absolute Gasteiger partial charge is 0.327 e. The van der Waals surface area contributed by atoms with Crippen LogP contribution in [0.25, 0.3) is 0 Å². The van der Waals surface area contributed by atoms with Gasteiger partial charge in [-0.05, 0) is 55.2 Å². The van der Waals surface area contributed by atoms with Gasteiger partial charge in [-0.2, -0.15) is 0 Å². The molecule has 106 valence electrons. The quantitative estimate of drug-likeness (QED) is 0.864. The molecular weight excluding hydrogens is 272 g/mol. The van der Waals surface area contributed by atoms with Crippen LogP contribution in [-0.2, 0) is 11.2 Å². The van der Waals surface area contributed by atoms with Gasteiger partial charge >= 0.3 is 0 Å². The lowest BCUT2D eigenvalue weighted by Crippen LogP contribution is -2.46. The minimum Gasteiger partial charge on any atom is -0.327 e. The number of carbonyl (C=O) groups excluding carboxylic acids is 1. The summed E-state index contributed by atoms with van der Waals surface area (Å²) in [6, 6.07) is 5.89. The Morgan fingerprint density at radius 2 is 2.10 bits per heavy atom. The number of carbonyl (C=O) groups is 1. The number of hydrogen-bond acceptors (Lipinski definition) is 2. The molecule has 4 atom stereocenters. The van der Waals surface area contributed by atoms with Crippen molar-refractivity contribution in [1.29, 1.82) is 0 Å². The predicted octanol–water partition coefficient (Wildman–Crippen LogP) is 2.60. The minimum atomic E-state index is 0.0266. The van der Waals surface area contributed by atoms with Gasteiger partial charge in [0, 0.05) is 23.3 Å². The van der Waals surface area contributed by atoms with Gasteiger partial charge in [0.1, 0.15) is 0 Å². The van der Waals surface area contributed by atoms with Gasteiger partial charge in [0.25, 0.3) is 0 Å². The summed E-state index contributed by atoms with van der Waals surface area (Å²) in [7, 11) is 0. The zero-order valence-electron chi connectivity index (χ0n) is 11.4. The number of halogens is 1. The fourth-order valence-electron chi connectivity index (χ4n) is 4.50. The molecule has 0 aromatic heterocycles. The first-order valence-electron chi connectivity index (χ1n) is 7.51. The number of nitrogens with two attached hydrogens (primary N) is 1. The van der Waals surface area contributed by atoms with Crippen LogP contribution in [0.15, 0.2) is 18.2 Å². The average Bonchev–Trinajstić information content (AvgIpc) is 3.11. The second-order valence-corrected chi connectivity index (χ2v) is 6.82. The van der Waals surface area contributed by atoms with E-state index in [9.17, 15) is 4.79 Å². The monoisotopic (exact) mass is 290 g/mol. The van der Waals surface area contributed by atoms with Crippen molar-refractivity contribution < 1.29 is 4.79 Å². The summed E-state index contributed by atoms with van der Waals surface area (Å²) < 4.78 is 0. The topological polar surface area (TPSA) is 46.3 Å². The van der Waals surface area contributed by atoms with Gasteiger partial charge in [0.05, 0.1) is 5.92 Å². The highest BCUT2D eigenvalue weighted by atomic mass is 35.5. The zero-order chi connectivity index (χ0) is 13.9. The lowest BCUT2D eigenvalue weighted by Gasteiger charge is -2.31. The van der Waals surface area contributed by atoms with E-state index < -0.39 is 0 Å². The van der Waals surface area contributed by atoms with Crippen molar-refractivity contribution >= 4 is 23.2 Å². The van der Waals surface area contributed by atoms with Gasteiger partial charge < -0.3 is 10.6 Å². The zero-order valence-corrected chi connectivity index (χ0v) is 12.1. The van der Waals surface area contributed by atoms with E-state index in [0.717, 1.165) is 35.7 Å². The van der Waals surface area contributed by atoms with Crippen LogP contribution in [0.5, 0.6) is 0 Å². The highest BCUT2D eigenvalue weighted by Gasteiger charge is 2.50. The third-order valence-corrected chi connectivity index (χ3v) is 5.86. The number of fused-ring (bicyclic) bond motifs is 3. The fourth-order valence-corrected chi connectivity index (χ4v) is 4.77. The Morgan fingerprint density at radius 1 is 1.30 bits per heavy atom. The van der Waals surface area contributed by atoms with E-state index in [1.165, 1.54) is 12.8 Å². The second kappa shape index (κ2) is 4.47. The molecule has 0 radical (unpaired) electrons. The molecule has 1 aromatic rings. The van der Waals surface area contributed by atoms with E-state index in [2.05, 4.69) is 0 Å². The SMILES string of the molecule is NC1C2CCC(C2)C1C(=O)N1CCc2c(Cl)cccc21. The first-order valence-corrected chi connectivity index (χ1v) is 7.89. The van der Waals surface area contributed by atoms with E-state index in [1.54, 1.807) is 0 Å². The van der Waals surface area contributed by atoms with Crippen LogP contribution in [0.1, 0.15) is 24.8 Å².